The molecule has 0 aliphatic rings. The molecule has 0 fully saturated rings. The average Bonchev–Trinajstić information content (AvgIpc) is 2.91. The second kappa shape index (κ2) is 7.14. The Morgan fingerprint density at radius 3 is 3.00 bits per heavy atom. The lowest BCUT2D eigenvalue weighted by molar-refractivity contribution is 0.414. The number of hydrogen-bond acceptors (Lipinski definition) is 6. The number of tetrazole rings is 1. The summed E-state index contributed by atoms with van der Waals surface area (Å²) in [7, 11) is 1.64. The topological polar surface area (TPSA) is 78.8 Å². The standard InChI is InChI=1S/C13H19N5OS/c1-3-4-7-18-13(15-16-17-18)9-20-12-8-10(19-2)5-6-11(12)14/h5-6,8H,3-4,7,9,14H2,1-2H3. The molecule has 0 saturated carbocycles. The van der Waals surface area contributed by atoms with E-state index in [9.17, 15) is 0 Å². The number of thioether (sulfide) groups is 1. The molecule has 0 radical (unpaired) electrons. The molecule has 0 unspecified atom stereocenters. The summed E-state index contributed by atoms with van der Waals surface area (Å²) in [4.78, 5) is 0.981. The van der Waals surface area contributed by atoms with Crippen LogP contribution in [0.4, 0.5) is 5.69 Å². The largest absolute Gasteiger partial charge is 0.497 e. The number of aryl methyl sites for hydroxylation is 1. The summed E-state index contributed by atoms with van der Waals surface area (Å²) in [6.07, 6.45) is 2.19. The van der Waals surface area contributed by atoms with Crippen LogP contribution in [0.2, 0.25) is 0 Å². The van der Waals surface area contributed by atoms with E-state index in [0.717, 1.165) is 41.5 Å². The molecule has 20 heavy (non-hydrogen) atoms. The summed E-state index contributed by atoms with van der Waals surface area (Å²) in [6, 6.07) is 5.63. The van der Waals surface area contributed by atoms with Crippen molar-refractivity contribution in [3.05, 3.63) is 24.0 Å². The van der Waals surface area contributed by atoms with Gasteiger partial charge in [0.05, 0.1) is 12.9 Å². The molecule has 1 aromatic carbocycles. The van der Waals surface area contributed by atoms with Crippen molar-refractivity contribution in [2.24, 2.45) is 0 Å². The van der Waals surface area contributed by atoms with E-state index in [2.05, 4.69) is 22.4 Å². The molecule has 0 spiro atoms. The Hall–Kier alpha value is -1.76. The maximum absolute atomic E-state index is 5.97. The Morgan fingerprint density at radius 1 is 1.40 bits per heavy atom. The number of nitrogens with zero attached hydrogens (tertiary/aromatic N) is 4. The maximum Gasteiger partial charge on any atom is 0.161 e. The Morgan fingerprint density at radius 2 is 2.25 bits per heavy atom. The van der Waals surface area contributed by atoms with Crippen molar-refractivity contribution in [2.75, 3.05) is 12.8 Å². The van der Waals surface area contributed by atoms with E-state index in [1.54, 1.807) is 18.9 Å². The molecule has 0 aliphatic heterocycles. The van der Waals surface area contributed by atoms with Gasteiger partial charge in [0, 0.05) is 17.1 Å². The van der Waals surface area contributed by atoms with Crippen LogP contribution in [0.3, 0.4) is 0 Å². The maximum atomic E-state index is 5.97. The summed E-state index contributed by atoms with van der Waals surface area (Å²) in [6.45, 7) is 3.00. The first-order valence-corrected chi connectivity index (χ1v) is 7.54. The number of nitrogens with two attached hydrogens (primary N) is 1. The van der Waals surface area contributed by atoms with Crippen LogP contribution < -0.4 is 10.5 Å². The molecular formula is C13H19N5OS. The molecule has 6 nitrogen and oxygen atoms in total. The van der Waals surface area contributed by atoms with Crippen molar-refractivity contribution < 1.29 is 4.74 Å². The lowest BCUT2D eigenvalue weighted by atomic mass is 10.3. The van der Waals surface area contributed by atoms with E-state index < -0.39 is 0 Å². The van der Waals surface area contributed by atoms with Gasteiger partial charge in [0.15, 0.2) is 5.82 Å². The molecule has 2 aromatic rings. The van der Waals surface area contributed by atoms with Crippen LogP contribution >= 0.6 is 11.8 Å². The van der Waals surface area contributed by atoms with Crippen LogP contribution in [0.1, 0.15) is 25.6 Å². The highest BCUT2D eigenvalue weighted by Gasteiger charge is 2.08. The van der Waals surface area contributed by atoms with E-state index in [1.807, 2.05) is 22.9 Å². The first kappa shape index (κ1) is 14.6. The monoisotopic (exact) mass is 293 g/mol. The minimum atomic E-state index is 0.689. The molecule has 2 rings (SSSR count). The molecule has 0 bridgehead atoms. The van der Waals surface area contributed by atoms with Crippen molar-refractivity contribution >= 4 is 17.4 Å². The van der Waals surface area contributed by atoms with Gasteiger partial charge in [-0.3, -0.25) is 0 Å². The van der Waals surface area contributed by atoms with Crippen molar-refractivity contribution in [1.29, 1.82) is 0 Å². The zero-order valence-corrected chi connectivity index (χ0v) is 12.6. The highest BCUT2D eigenvalue weighted by molar-refractivity contribution is 7.98. The third-order valence-corrected chi connectivity index (χ3v) is 3.97. The summed E-state index contributed by atoms with van der Waals surface area (Å²) < 4.78 is 7.06. The van der Waals surface area contributed by atoms with E-state index in [0.29, 0.717) is 5.75 Å². The Bertz CT molecular complexity index is 557. The molecule has 0 aliphatic carbocycles. The normalized spacial score (nSPS) is 10.7. The Labute approximate surface area is 122 Å². The zero-order chi connectivity index (χ0) is 14.4. The number of nitrogen functional groups attached to an aromatic ring is 1. The highest BCUT2D eigenvalue weighted by Crippen LogP contribution is 2.30. The van der Waals surface area contributed by atoms with Gasteiger partial charge in [0.1, 0.15) is 5.75 Å². The lowest BCUT2D eigenvalue weighted by Gasteiger charge is -2.08. The van der Waals surface area contributed by atoms with Crippen LogP contribution in [0.5, 0.6) is 5.75 Å². The number of unbranched alkanes of at least 4 members (excludes halogenated alkanes) is 1. The number of anilines is 1. The predicted octanol–water partition coefficient (Wildman–Crippen LogP) is 2.36. The van der Waals surface area contributed by atoms with Crippen molar-refractivity contribution in [3.63, 3.8) is 0 Å². The van der Waals surface area contributed by atoms with Gasteiger partial charge in [0.2, 0.25) is 0 Å². The fraction of sp³-hybridized carbons (Fsp3) is 0.462. The van der Waals surface area contributed by atoms with Gasteiger partial charge in [-0.25, -0.2) is 4.68 Å². The molecule has 108 valence electrons. The molecule has 0 atom stereocenters. The van der Waals surface area contributed by atoms with E-state index in [-0.39, 0.29) is 0 Å². The zero-order valence-electron chi connectivity index (χ0n) is 11.7. The van der Waals surface area contributed by atoms with Gasteiger partial charge in [0.25, 0.3) is 0 Å². The smallest absolute Gasteiger partial charge is 0.161 e. The van der Waals surface area contributed by atoms with Gasteiger partial charge in [-0.15, -0.1) is 16.9 Å². The minimum absolute atomic E-state index is 0.689. The molecule has 0 saturated heterocycles. The number of methoxy groups -OCH3 is 1. The first-order valence-electron chi connectivity index (χ1n) is 6.56. The van der Waals surface area contributed by atoms with Crippen molar-refractivity contribution in [1.82, 2.24) is 20.2 Å². The van der Waals surface area contributed by atoms with E-state index >= 15 is 0 Å². The summed E-state index contributed by atoms with van der Waals surface area (Å²) in [5, 5.41) is 11.8. The van der Waals surface area contributed by atoms with Gasteiger partial charge in [-0.2, -0.15) is 0 Å². The SMILES string of the molecule is CCCCn1nnnc1CSc1cc(OC)ccc1N. The first-order chi connectivity index (χ1) is 9.74. The van der Waals surface area contributed by atoms with Crippen molar-refractivity contribution in [3.8, 4) is 5.75 Å². The molecule has 2 N–H and O–H groups in total. The second-order valence-electron chi connectivity index (χ2n) is 4.36. The van der Waals surface area contributed by atoms with Crippen LogP contribution in [0, 0.1) is 0 Å². The fourth-order valence-corrected chi connectivity index (χ4v) is 2.64. The third kappa shape index (κ3) is 3.63. The summed E-state index contributed by atoms with van der Waals surface area (Å²) >= 11 is 1.61. The Kier molecular flexibility index (Phi) is 5.23. The van der Waals surface area contributed by atoms with Gasteiger partial charge < -0.3 is 10.5 Å². The van der Waals surface area contributed by atoms with Gasteiger partial charge >= 0.3 is 0 Å². The van der Waals surface area contributed by atoms with E-state index in [4.69, 9.17) is 10.5 Å². The number of aromatic nitrogens is 4. The summed E-state index contributed by atoms with van der Waals surface area (Å²) in [5.41, 5.74) is 6.71. The van der Waals surface area contributed by atoms with Crippen molar-refractivity contribution in [2.45, 2.75) is 37.0 Å². The number of benzene rings is 1. The number of ether oxygens (including phenoxy) is 1. The second-order valence-corrected chi connectivity index (χ2v) is 5.38. The quantitative estimate of drug-likeness (QED) is 0.623. The Balaban J connectivity index is 2.03. The number of rotatable bonds is 7. The molecule has 7 heteroatoms. The fourth-order valence-electron chi connectivity index (χ4n) is 1.72. The van der Waals surface area contributed by atoms with Crippen LogP contribution in [-0.2, 0) is 12.3 Å². The highest BCUT2D eigenvalue weighted by atomic mass is 32.2. The summed E-state index contributed by atoms with van der Waals surface area (Å²) in [5.74, 6) is 2.35. The predicted molar refractivity (Wildman–Crippen MR) is 79.7 cm³/mol. The average molecular weight is 293 g/mol. The molecule has 1 aromatic heterocycles. The van der Waals surface area contributed by atoms with Gasteiger partial charge in [-0.05, 0) is 35.0 Å². The minimum Gasteiger partial charge on any atom is -0.497 e. The molecule has 1 heterocycles. The number of hydrogen-bond donors (Lipinski definition) is 1. The van der Waals surface area contributed by atoms with E-state index in [1.165, 1.54) is 0 Å². The third-order valence-electron chi connectivity index (χ3n) is 2.91. The van der Waals surface area contributed by atoms with Crippen LogP contribution in [-0.4, -0.2) is 27.3 Å². The van der Waals surface area contributed by atoms with Crippen LogP contribution in [0.25, 0.3) is 0 Å². The molecule has 0 amide bonds. The van der Waals surface area contributed by atoms with Crippen LogP contribution in [0.15, 0.2) is 23.1 Å². The molecular weight excluding hydrogens is 274 g/mol. The lowest BCUT2D eigenvalue weighted by Crippen LogP contribution is -2.05. The van der Waals surface area contributed by atoms with Gasteiger partial charge in [-0.1, -0.05) is 13.3 Å².